The quantitative estimate of drug-likeness (QED) is 0.922. The molecule has 0 spiro atoms. The lowest BCUT2D eigenvalue weighted by Gasteiger charge is -2.07. The van der Waals surface area contributed by atoms with Crippen LogP contribution in [0, 0.1) is 0 Å². The van der Waals surface area contributed by atoms with Gasteiger partial charge in [0, 0.05) is 6.07 Å². The maximum absolute atomic E-state index is 11.8. The maximum Gasteiger partial charge on any atom is 0.265 e. The predicted octanol–water partition coefficient (Wildman–Crippen LogP) is 3.66. The van der Waals surface area contributed by atoms with E-state index in [1.54, 1.807) is 31.4 Å². The van der Waals surface area contributed by atoms with Crippen LogP contribution in [0.4, 0.5) is 5.69 Å². The Balaban J connectivity index is 2.16. The third-order valence-corrected chi connectivity index (χ3v) is 3.35. The fourth-order valence-corrected chi connectivity index (χ4v) is 2.15. The summed E-state index contributed by atoms with van der Waals surface area (Å²) in [5.41, 5.74) is 0.575. The van der Waals surface area contributed by atoms with Gasteiger partial charge in [0.2, 0.25) is 0 Å². The molecule has 3 nitrogen and oxygen atoms in total. The van der Waals surface area contributed by atoms with Crippen LogP contribution in [-0.4, -0.2) is 13.0 Å². The summed E-state index contributed by atoms with van der Waals surface area (Å²) in [6, 6.07) is 8.71. The van der Waals surface area contributed by atoms with Crippen molar-refractivity contribution in [3.8, 4) is 5.75 Å². The molecule has 1 aromatic carbocycles. The van der Waals surface area contributed by atoms with Gasteiger partial charge in [0.1, 0.15) is 5.75 Å². The highest BCUT2D eigenvalue weighted by molar-refractivity contribution is 7.12. The first-order valence-electron chi connectivity index (χ1n) is 4.89. The van der Waals surface area contributed by atoms with Crippen molar-refractivity contribution in [1.82, 2.24) is 0 Å². The second-order valence-corrected chi connectivity index (χ2v) is 4.63. The lowest BCUT2D eigenvalue weighted by molar-refractivity contribution is 0.103. The number of ether oxygens (including phenoxy) is 1. The van der Waals surface area contributed by atoms with Crippen molar-refractivity contribution in [2.24, 2.45) is 0 Å². The van der Waals surface area contributed by atoms with Gasteiger partial charge in [-0.2, -0.15) is 0 Å². The predicted molar refractivity (Wildman–Crippen MR) is 70.3 cm³/mol. The van der Waals surface area contributed by atoms with Crippen LogP contribution in [0.5, 0.6) is 5.75 Å². The Labute approximate surface area is 108 Å². The third kappa shape index (κ3) is 2.78. The molecule has 2 aromatic rings. The van der Waals surface area contributed by atoms with E-state index < -0.39 is 0 Å². The molecule has 17 heavy (non-hydrogen) atoms. The van der Waals surface area contributed by atoms with Crippen LogP contribution in [0.3, 0.4) is 0 Å². The van der Waals surface area contributed by atoms with E-state index in [9.17, 15) is 4.79 Å². The second-order valence-electron chi connectivity index (χ2n) is 3.28. The zero-order chi connectivity index (χ0) is 12.3. The van der Waals surface area contributed by atoms with E-state index in [4.69, 9.17) is 16.3 Å². The highest BCUT2D eigenvalue weighted by atomic mass is 35.5. The van der Waals surface area contributed by atoms with Crippen molar-refractivity contribution in [3.05, 3.63) is 45.6 Å². The molecule has 1 N–H and O–H groups in total. The van der Waals surface area contributed by atoms with Crippen LogP contribution >= 0.6 is 22.9 Å². The van der Waals surface area contributed by atoms with Crippen molar-refractivity contribution in [2.75, 3.05) is 12.4 Å². The molecule has 0 aliphatic heterocycles. The van der Waals surface area contributed by atoms with Gasteiger partial charge < -0.3 is 10.1 Å². The Kier molecular flexibility index (Phi) is 3.66. The molecule has 1 heterocycles. The van der Waals surface area contributed by atoms with Gasteiger partial charge in [-0.05, 0) is 23.6 Å². The van der Waals surface area contributed by atoms with Gasteiger partial charge in [-0.3, -0.25) is 4.79 Å². The first-order chi connectivity index (χ1) is 8.20. The highest BCUT2D eigenvalue weighted by Crippen LogP contribution is 2.27. The number of amides is 1. The van der Waals surface area contributed by atoms with E-state index in [0.717, 1.165) is 0 Å². The van der Waals surface area contributed by atoms with Crippen LogP contribution in [0.1, 0.15) is 9.67 Å². The SMILES string of the molecule is COc1ccc(NC(=O)c2cccs2)c(Cl)c1. The highest BCUT2D eigenvalue weighted by Gasteiger charge is 2.09. The van der Waals surface area contributed by atoms with E-state index in [2.05, 4.69) is 5.32 Å². The Morgan fingerprint density at radius 3 is 2.82 bits per heavy atom. The molecule has 0 saturated carbocycles. The molecule has 0 unspecified atom stereocenters. The monoisotopic (exact) mass is 267 g/mol. The van der Waals surface area contributed by atoms with Crippen LogP contribution in [-0.2, 0) is 0 Å². The molecule has 0 fully saturated rings. The van der Waals surface area contributed by atoms with Gasteiger partial charge in [0.15, 0.2) is 0 Å². The van der Waals surface area contributed by atoms with E-state index in [1.165, 1.54) is 11.3 Å². The molecular weight excluding hydrogens is 258 g/mol. The number of thiophene rings is 1. The largest absolute Gasteiger partial charge is 0.497 e. The number of carbonyl (C=O) groups excluding carboxylic acids is 1. The summed E-state index contributed by atoms with van der Waals surface area (Å²) in [4.78, 5) is 12.4. The summed E-state index contributed by atoms with van der Waals surface area (Å²) >= 11 is 7.41. The van der Waals surface area contributed by atoms with Crippen LogP contribution in [0.15, 0.2) is 35.7 Å². The first-order valence-corrected chi connectivity index (χ1v) is 6.15. The van der Waals surface area contributed by atoms with Gasteiger partial charge in [0.25, 0.3) is 5.91 Å². The summed E-state index contributed by atoms with van der Waals surface area (Å²) in [5, 5.41) is 5.05. The summed E-state index contributed by atoms with van der Waals surface area (Å²) in [5.74, 6) is 0.496. The molecule has 88 valence electrons. The fourth-order valence-electron chi connectivity index (χ4n) is 1.32. The van der Waals surface area contributed by atoms with Crippen molar-refractivity contribution in [1.29, 1.82) is 0 Å². The van der Waals surface area contributed by atoms with Crippen molar-refractivity contribution in [3.63, 3.8) is 0 Å². The number of hydrogen-bond acceptors (Lipinski definition) is 3. The second kappa shape index (κ2) is 5.21. The number of carbonyl (C=O) groups is 1. The molecule has 0 atom stereocenters. The van der Waals surface area contributed by atoms with Crippen molar-refractivity contribution >= 4 is 34.5 Å². The topological polar surface area (TPSA) is 38.3 Å². The van der Waals surface area contributed by atoms with E-state index in [-0.39, 0.29) is 5.91 Å². The van der Waals surface area contributed by atoms with Gasteiger partial charge in [-0.15, -0.1) is 11.3 Å². The number of anilines is 1. The first kappa shape index (κ1) is 12.0. The molecule has 0 radical (unpaired) electrons. The van der Waals surface area contributed by atoms with E-state index in [1.807, 2.05) is 11.4 Å². The summed E-state index contributed by atoms with van der Waals surface area (Å²) in [6.07, 6.45) is 0. The fraction of sp³-hybridized carbons (Fsp3) is 0.0833. The summed E-state index contributed by atoms with van der Waals surface area (Å²) in [7, 11) is 1.57. The molecule has 1 amide bonds. The van der Waals surface area contributed by atoms with Crippen LogP contribution in [0.25, 0.3) is 0 Å². The number of methoxy groups -OCH3 is 1. The van der Waals surface area contributed by atoms with Gasteiger partial charge >= 0.3 is 0 Å². The molecule has 5 heteroatoms. The average molecular weight is 268 g/mol. The van der Waals surface area contributed by atoms with E-state index >= 15 is 0 Å². The van der Waals surface area contributed by atoms with Crippen molar-refractivity contribution in [2.45, 2.75) is 0 Å². The van der Waals surface area contributed by atoms with E-state index in [0.29, 0.717) is 21.3 Å². The molecule has 1 aromatic heterocycles. The minimum absolute atomic E-state index is 0.160. The number of benzene rings is 1. The molecule has 0 saturated heterocycles. The lowest BCUT2D eigenvalue weighted by atomic mass is 10.3. The third-order valence-electron chi connectivity index (χ3n) is 2.17. The number of halogens is 1. The molecular formula is C12H10ClNO2S. The Hall–Kier alpha value is -1.52. The number of hydrogen-bond donors (Lipinski definition) is 1. The molecule has 2 rings (SSSR count). The number of rotatable bonds is 3. The smallest absolute Gasteiger partial charge is 0.265 e. The average Bonchev–Trinajstić information content (AvgIpc) is 2.85. The lowest BCUT2D eigenvalue weighted by Crippen LogP contribution is -2.10. The Morgan fingerprint density at radius 2 is 2.24 bits per heavy atom. The normalized spacial score (nSPS) is 10.0. The molecule has 0 bridgehead atoms. The van der Waals surface area contributed by atoms with Crippen LogP contribution < -0.4 is 10.1 Å². The summed E-state index contributed by atoms with van der Waals surface area (Å²) < 4.78 is 5.03. The van der Waals surface area contributed by atoms with Gasteiger partial charge in [0.05, 0.1) is 22.7 Å². The standard InChI is InChI=1S/C12H10ClNO2S/c1-16-8-4-5-10(9(13)7-8)14-12(15)11-3-2-6-17-11/h2-7H,1H3,(H,14,15). The minimum atomic E-state index is -0.160. The Morgan fingerprint density at radius 1 is 1.41 bits per heavy atom. The zero-order valence-corrected chi connectivity index (χ0v) is 10.6. The number of nitrogens with one attached hydrogen (secondary N) is 1. The van der Waals surface area contributed by atoms with Gasteiger partial charge in [-0.25, -0.2) is 0 Å². The minimum Gasteiger partial charge on any atom is -0.497 e. The van der Waals surface area contributed by atoms with Crippen LogP contribution in [0.2, 0.25) is 5.02 Å². The van der Waals surface area contributed by atoms with Gasteiger partial charge in [-0.1, -0.05) is 17.7 Å². The zero-order valence-electron chi connectivity index (χ0n) is 9.07. The van der Waals surface area contributed by atoms with Crippen molar-refractivity contribution < 1.29 is 9.53 Å². The molecule has 0 aliphatic carbocycles. The maximum atomic E-state index is 11.8. The molecule has 0 aliphatic rings. The summed E-state index contributed by atoms with van der Waals surface area (Å²) in [6.45, 7) is 0. The Bertz CT molecular complexity index is 525.